The maximum Gasteiger partial charge on any atom is 0.312 e. The highest BCUT2D eigenvalue weighted by molar-refractivity contribution is 6.05. The maximum atomic E-state index is 12.5. The third-order valence-corrected chi connectivity index (χ3v) is 5.78. The van der Waals surface area contributed by atoms with Gasteiger partial charge in [0.2, 0.25) is 11.8 Å². The van der Waals surface area contributed by atoms with E-state index in [0.717, 1.165) is 31.2 Å². The third-order valence-electron chi connectivity index (χ3n) is 5.78. The lowest BCUT2D eigenvalue weighted by Gasteiger charge is -2.19. The van der Waals surface area contributed by atoms with Gasteiger partial charge in [0, 0.05) is 6.54 Å². The molecule has 2 fully saturated rings. The fraction of sp³-hybridized carbons (Fsp3) is 0.375. The summed E-state index contributed by atoms with van der Waals surface area (Å²) in [5, 5.41) is 0. The molecule has 0 aromatic heterocycles. The van der Waals surface area contributed by atoms with Gasteiger partial charge in [0.1, 0.15) is 18.1 Å². The minimum absolute atomic E-state index is 0.0107. The van der Waals surface area contributed by atoms with Crippen molar-refractivity contribution in [3.63, 3.8) is 0 Å². The largest absolute Gasteiger partial charge is 0.489 e. The van der Waals surface area contributed by atoms with Gasteiger partial charge >= 0.3 is 5.97 Å². The van der Waals surface area contributed by atoms with Crippen molar-refractivity contribution >= 4 is 17.8 Å². The molecule has 1 saturated carbocycles. The van der Waals surface area contributed by atoms with Crippen molar-refractivity contribution in [2.75, 3.05) is 6.54 Å². The second kappa shape index (κ2) is 9.11. The van der Waals surface area contributed by atoms with Crippen molar-refractivity contribution in [2.45, 2.75) is 38.7 Å². The first kappa shape index (κ1) is 20.1. The summed E-state index contributed by atoms with van der Waals surface area (Å²) >= 11 is 0. The van der Waals surface area contributed by atoms with Gasteiger partial charge in [-0.25, -0.2) is 0 Å². The van der Waals surface area contributed by atoms with E-state index >= 15 is 0 Å². The van der Waals surface area contributed by atoms with E-state index in [1.165, 1.54) is 4.90 Å². The number of rotatable bonds is 7. The van der Waals surface area contributed by atoms with Gasteiger partial charge in [0.25, 0.3) is 0 Å². The number of imide groups is 1. The summed E-state index contributed by atoms with van der Waals surface area (Å²) in [6.07, 6.45) is 3.51. The summed E-state index contributed by atoms with van der Waals surface area (Å²) in [4.78, 5) is 38.4. The number of fused-ring (bicyclic) bond motifs is 1. The standard InChI is InChI=1S/C24H25NO5/c26-22(14-15-25-23(27)20-8-4-5-9-21(20)24(25)28)30-19-12-10-18(11-13-19)29-16-17-6-2-1-3-7-17/h1-3,6-7,10-13,20-21H,4-5,8-9,14-16H2/t20-,21-/m0/s1. The number of hydrogen-bond acceptors (Lipinski definition) is 5. The van der Waals surface area contributed by atoms with Crippen molar-refractivity contribution in [3.05, 3.63) is 60.2 Å². The van der Waals surface area contributed by atoms with E-state index < -0.39 is 5.97 Å². The molecule has 2 aromatic rings. The van der Waals surface area contributed by atoms with Gasteiger partial charge in [-0.15, -0.1) is 0 Å². The predicted molar refractivity (Wildman–Crippen MR) is 110 cm³/mol. The molecule has 156 valence electrons. The zero-order chi connectivity index (χ0) is 20.9. The van der Waals surface area contributed by atoms with Crippen LogP contribution in [-0.4, -0.2) is 29.2 Å². The minimum Gasteiger partial charge on any atom is -0.489 e. The van der Waals surface area contributed by atoms with E-state index in [4.69, 9.17) is 9.47 Å². The second-order valence-corrected chi connectivity index (χ2v) is 7.80. The van der Waals surface area contributed by atoms with Gasteiger partial charge in [-0.1, -0.05) is 43.2 Å². The first-order valence-electron chi connectivity index (χ1n) is 10.4. The van der Waals surface area contributed by atoms with Crippen LogP contribution in [0.2, 0.25) is 0 Å². The number of likely N-dealkylation sites (tertiary alicyclic amines) is 1. The van der Waals surface area contributed by atoms with Crippen LogP contribution in [0, 0.1) is 11.8 Å². The van der Waals surface area contributed by atoms with E-state index in [2.05, 4.69) is 0 Å². The van der Waals surface area contributed by atoms with Crippen molar-refractivity contribution < 1.29 is 23.9 Å². The molecule has 0 bridgehead atoms. The SMILES string of the molecule is O=C(CCN1C(=O)[C@H]2CCCC[C@@H]2C1=O)Oc1ccc(OCc2ccccc2)cc1. The lowest BCUT2D eigenvalue weighted by Crippen LogP contribution is -2.33. The molecule has 2 aromatic carbocycles. The number of benzene rings is 2. The van der Waals surface area contributed by atoms with Crippen LogP contribution in [0.4, 0.5) is 0 Å². The molecule has 0 spiro atoms. The highest BCUT2D eigenvalue weighted by atomic mass is 16.5. The summed E-state index contributed by atoms with van der Waals surface area (Å²) in [7, 11) is 0. The number of hydrogen-bond donors (Lipinski definition) is 0. The molecule has 1 aliphatic heterocycles. The lowest BCUT2D eigenvalue weighted by atomic mass is 9.81. The zero-order valence-electron chi connectivity index (χ0n) is 16.8. The van der Waals surface area contributed by atoms with Crippen molar-refractivity contribution in [1.82, 2.24) is 4.90 Å². The lowest BCUT2D eigenvalue weighted by molar-refractivity contribution is -0.141. The highest BCUT2D eigenvalue weighted by Crippen LogP contribution is 2.38. The van der Waals surface area contributed by atoms with E-state index in [1.54, 1.807) is 24.3 Å². The van der Waals surface area contributed by atoms with Gasteiger partial charge in [-0.2, -0.15) is 0 Å². The Balaban J connectivity index is 1.25. The van der Waals surface area contributed by atoms with Crippen LogP contribution in [-0.2, 0) is 21.0 Å². The summed E-state index contributed by atoms with van der Waals surface area (Å²) < 4.78 is 11.1. The van der Waals surface area contributed by atoms with Gasteiger partial charge in [-0.05, 0) is 42.7 Å². The van der Waals surface area contributed by atoms with Crippen LogP contribution in [0.25, 0.3) is 0 Å². The maximum absolute atomic E-state index is 12.5. The Hall–Kier alpha value is -3.15. The normalized spacial score (nSPS) is 20.7. The zero-order valence-corrected chi connectivity index (χ0v) is 16.8. The van der Waals surface area contributed by atoms with Crippen LogP contribution in [0.15, 0.2) is 54.6 Å². The monoisotopic (exact) mass is 407 g/mol. The Morgan fingerprint density at radius 3 is 2.10 bits per heavy atom. The molecule has 2 atom stereocenters. The molecule has 1 saturated heterocycles. The first-order valence-corrected chi connectivity index (χ1v) is 10.4. The van der Waals surface area contributed by atoms with Crippen LogP contribution >= 0.6 is 0 Å². The Morgan fingerprint density at radius 2 is 1.47 bits per heavy atom. The van der Waals surface area contributed by atoms with E-state index in [-0.39, 0.29) is 36.6 Å². The van der Waals surface area contributed by atoms with Crippen molar-refractivity contribution in [1.29, 1.82) is 0 Å². The van der Waals surface area contributed by atoms with Crippen LogP contribution < -0.4 is 9.47 Å². The molecule has 6 heteroatoms. The van der Waals surface area contributed by atoms with Crippen LogP contribution in [0.5, 0.6) is 11.5 Å². The molecular formula is C24H25NO5. The van der Waals surface area contributed by atoms with Crippen LogP contribution in [0.1, 0.15) is 37.7 Å². The summed E-state index contributed by atoms with van der Waals surface area (Å²) in [5.74, 6) is -0.0241. The van der Waals surface area contributed by atoms with Gasteiger partial charge in [0.05, 0.1) is 18.3 Å². The predicted octanol–water partition coefficient (Wildman–Crippen LogP) is 3.74. The summed E-state index contributed by atoms with van der Waals surface area (Å²) in [6.45, 7) is 0.543. The van der Waals surface area contributed by atoms with Gasteiger partial charge < -0.3 is 9.47 Å². The average Bonchev–Trinajstić information content (AvgIpc) is 3.02. The number of ether oxygens (including phenoxy) is 2. The van der Waals surface area contributed by atoms with E-state index in [0.29, 0.717) is 18.1 Å². The molecule has 1 heterocycles. The summed E-state index contributed by atoms with van der Waals surface area (Å²) in [6, 6.07) is 16.7. The first-order chi connectivity index (χ1) is 14.6. The van der Waals surface area contributed by atoms with Gasteiger partial charge in [-0.3, -0.25) is 19.3 Å². The van der Waals surface area contributed by atoms with Gasteiger partial charge in [0.15, 0.2) is 0 Å². The molecule has 0 radical (unpaired) electrons. The fourth-order valence-corrected chi connectivity index (χ4v) is 4.18. The quantitative estimate of drug-likeness (QED) is 0.397. The Morgan fingerprint density at radius 1 is 0.867 bits per heavy atom. The topological polar surface area (TPSA) is 72.9 Å². The van der Waals surface area contributed by atoms with Crippen molar-refractivity contribution in [3.8, 4) is 11.5 Å². The highest BCUT2D eigenvalue weighted by Gasteiger charge is 2.47. The van der Waals surface area contributed by atoms with Crippen molar-refractivity contribution in [2.24, 2.45) is 11.8 Å². The molecule has 2 aliphatic rings. The molecular weight excluding hydrogens is 382 g/mol. The number of carbonyl (C=O) groups excluding carboxylic acids is 3. The molecule has 2 amide bonds. The fourth-order valence-electron chi connectivity index (χ4n) is 4.18. The molecule has 6 nitrogen and oxygen atoms in total. The van der Waals surface area contributed by atoms with E-state index in [1.807, 2.05) is 30.3 Å². The third kappa shape index (κ3) is 4.53. The molecule has 30 heavy (non-hydrogen) atoms. The Bertz CT molecular complexity index is 885. The Labute approximate surface area is 175 Å². The summed E-state index contributed by atoms with van der Waals surface area (Å²) in [5.41, 5.74) is 1.07. The average molecular weight is 407 g/mol. The number of esters is 1. The number of nitrogens with zero attached hydrogens (tertiary/aromatic N) is 1. The molecule has 0 N–H and O–H groups in total. The smallest absolute Gasteiger partial charge is 0.312 e. The minimum atomic E-state index is -0.469. The molecule has 1 aliphatic carbocycles. The Kier molecular flexibility index (Phi) is 6.12. The molecule has 0 unspecified atom stereocenters. The second-order valence-electron chi connectivity index (χ2n) is 7.80. The van der Waals surface area contributed by atoms with Crippen LogP contribution in [0.3, 0.4) is 0 Å². The number of carbonyl (C=O) groups is 3. The number of amides is 2. The van der Waals surface area contributed by atoms with E-state index in [9.17, 15) is 14.4 Å². The molecule has 4 rings (SSSR count).